The van der Waals surface area contributed by atoms with Crippen molar-refractivity contribution >= 4 is 29.3 Å². The van der Waals surface area contributed by atoms with E-state index < -0.39 is 35.0 Å². The molecule has 0 bridgehead atoms. The molecule has 0 atom stereocenters. The second-order valence-electron chi connectivity index (χ2n) is 6.64. The lowest BCUT2D eigenvalue weighted by atomic mass is 10.1. The lowest BCUT2D eigenvalue weighted by molar-refractivity contribution is -0.138. The molecule has 1 aliphatic heterocycles. The van der Waals surface area contributed by atoms with Crippen LogP contribution in [0.15, 0.2) is 36.4 Å². The van der Waals surface area contributed by atoms with Gasteiger partial charge in [-0.2, -0.15) is 13.2 Å². The Labute approximate surface area is 180 Å². The number of hydrogen-bond donors (Lipinski definition) is 1. The average molecular weight is 456 g/mol. The van der Waals surface area contributed by atoms with E-state index in [2.05, 4.69) is 15.5 Å². The van der Waals surface area contributed by atoms with Crippen molar-refractivity contribution in [3.63, 3.8) is 0 Å². The highest BCUT2D eigenvalue weighted by molar-refractivity contribution is 6.29. The Morgan fingerprint density at radius 3 is 2.23 bits per heavy atom. The third-order valence-corrected chi connectivity index (χ3v) is 4.85. The minimum Gasteiger partial charge on any atom is -0.342 e. The molecule has 2 heterocycles. The number of alkyl halides is 3. The second-order valence-corrected chi connectivity index (χ2v) is 7.03. The summed E-state index contributed by atoms with van der Waals surface area (Å²) in [5, 5.41) is 9.69. The molecule has 164 valence electrons. The van der Waals surface area contributed by atoms with Gasteiger partial charge in [-0.3, -0.25) is 14.4 Å². The molecule has 2 aromatic rings. The molecule has 31 heavy (non-hydrogen) atoms. The molecule has 0 radical (unpaired) electrons. The van der Waals surface area contributed by atoms with E-state index in [1.54, 1.807) is 0 Å². The Hall–Kier alpha value is -3.21. The first-order chi connectivity index (χ1) is 14.7. The first-order valence-electron chi connectivity index (χ1n) is 9.17. The largest absolute Gasteiger partial charge is 0.417 e. The molecule has 1 aromatic heterocycles. The van der Waals surface area contributed by atoms with Crippen molar-refractivity contribution in [1.82, 2.24) is 25.3 Å². The van der Waals surface area contributed by atoms with Crippen molar-refractivity contribution in [2.24, 2.45) is 0 Å². The summed E-state index contributed by atoms with van der Waals surface area (Å²) in [7, 11) is 0. The van der Waals surface area contributed by atoms with Crippen LogP contribution in [0, 0.1) is 0 Å². The number of rotatable bonds is 4. The third-order valence-electron chi connectivity index (χ3n) is 4.65. The fourth-order valence-electron chi connectivity index (χ4n) is 3.04. The van der Waals surface area contributed by atoms with Gasteiger partial charge < -0.3 is 15.1 Å². The molecular weight excluding hydrogens is 439 g/mol. The predicted molar refractivity (Wildman–Crippen MR) is 103 cm³/mol. The fourth-order valence-corrected chi connectivity index (χ4v) is 3.14. The Morgan fingerprint density at radius 2 is 1.61 bits per heavy atom. The van der Waals surface area contributed by atoms with Gasteiger partial charge in [0.05, 0.1) is 17.7 Å². The van der Waals surface area contributed by atoms with E-state index in [-0.39, 0.29) is 43.6 Å². The molecule has 3 rings (SSSR count). The van der Waals surface area contributed by atoms with Crippen LogP contribution in [0.1, 0.15) is 26.4 Å². The molecular formula is C19H17ClF3N5O3. The van der Waals surface area contributed by atoms with Gasteiger partial charge in [0.1, 0.15) is 0 Å². The van der Waals surface area contributed by atoms with E-state index in [9.17, 15) is 27.6 Å². The standard InChI is InChI=1S/C19H17ClF3N5O3/c20-15-6-5-14(25-26-15)17(30)24-11-16(29)27-7-9-28(10-8-27)18(31)12-3-1-2-4-13(12)19(21,22)23/h1-6H,7-11H2,(H,24,30). The Bertz CT molecular complexity index is 976. The molecule has 1 fully saturated rings. The molecule has 0 aliphatic carbocycles. The van der Waals surface area contributed by atoms with Gasteiger partial charge in [0.2, 0.25) is 5.91 Å². The summed E-state index contributed by atoms with van der Waals surface area (Å²) in [5.74, 6) is -1.73. The maximum Gasteiger partial charge on any atom is 0.417 e. The zero-order valence-corrected chi connectivity index (χ0v) is 16.8. The van der Waals surface area contributed by atoms with Gasteiger partial charge in [-0.1, -0.05) is 23.7 Å². The number of piperazine rings is 1. The molecule has 1 saturated heterocycles. The number of halogens is 4. The molecule has 1 aromatic carbocycles. The van der Waals surface area contributed by atoms with Crippen LogP contribution < -0.4 is 5.32 Å². The second kappa shape index (κ2) is 9.29. The fraction of sp³-hybridized carbons (Fsp3) is 0.316. The van der Waals surface area contributed by atoms with Gasteiger partial charge in [-0.05, 0) is 24.3 Å². The van der Waals surface area contributed by atoms with E-state index in [4.69, 9.17) is 11.6 Å². The normalized spacial score (nSPS) is 14.3. The smallest absolute Gasteiger partial charge is 0.342 e. The molecule has 1 aliphatic rings. The van der Waals surface area contributed by atoms with Crippen LogP contribution in [0.25, 0.3) is 0 Å². The van der Waals surface area contributed by atoms with Gasteiger partial charge in [0, 0.05) is 26.2 Å². The Morgan fingerprint density at radius 1 is 0.968 bits per heavy atom. The zero-order chi connectivity index (χ0) is 22.6. The number of amides is 3. The van der Waals surface area contributed by atoms with E-state index in [1.807, 2.05) is 0 Å². The topological polar surface area (TPSA) is 95.5 Å². The van der Waals surface area contributed by atoms with E-state index in [0.29, 0.717) is 0 Å². The minimum absolute atomic E-state index is 0.00375. The zero-order valence-electron chi connectivity index (χ0n) is 16.0. The monoisotopic (exact) mass is 455 g/mol. The summed E-state index contributed by atoms with van der Waals surface area (Å²) in [6, 6.07) is 7.34. The van der Waals surface area contributed by atoms with Crippen molar-refractivity contribution in [2.75, 3.05) is 32.7 Å². The highest BCUT2D eigenvalue weighted by Gasteiger charge is 2.36. The predicted octanol–water partition coefficient (Wildman–Crippen LogP) is 1.86. The third kappa shape index (κ3) is 5.48. The number of aromatic nitrogens is 2. The van der Waals surface area contributed by atoms with E-state index in [1.165, 1.54) is 34.1 Å². The van der Waals surface area contributed by atoms with Crippen LogP contribution in [-0.2, 0) is 11.0 Å². The van der Waals surface area contributed by atoms with E-state index >= 15 is 0 Å². The number of carbonyl (C=O) groups is 3. The molecule has 12 heteroatoms. The number of nitrogens with zero attached hydrogens (tertiary/aromatic N) is 4. The van der Waals surface area contributed by atoms with Gasteiger partial charge in [-0.25, -0.2) is 0 Å². The van der Waals surface area contributed by atoms with Crippen molar-refractivity contribution in [3.05, 3.63) is 58.4 Å². The molecule has 3 amide bonds. The SMILES string of the molecule is O=C(NCC(=O)N1CCN(C(=O)c2ccccc2C(F)(F)F)CC1)c1ccc(Cl)nn1. The first kappa shape index (κ1) is 22.5. The van der Waals surface area contributed by atoms with Gasteiger partial charge in [0.25, 0.3) is 11.8 Å². The summed E-state index contributed by atoms with van der Waals surface area (Å²) in [6.45, 7) is 0.124. The molecule has 0 unspecified atom stereocenters. The van der Waals surface area contributed by atoms with Crippen molar-refractivity contribution in [1.29, 1.82) is 0 Å². The van der Waals surface area contributed by atoms with Gasteiger partial charge in [-0.15, -0.1) is 10.2 Å². The van der Waals surface area contributed by atoms with Crippen molar-refractivity contribution < 1.29 is 27.6 Å². The van der Waals surface area contributed by atoms with Crippen LogP contribution >= 0.6 is 11.6 Å². The van der Waals surface area contributed by atoms with Crippen LogP contribution in [-0.4, -0.2) is 70.4 Å². The molecule has 0 saturated carbocycles. The molecule has 1 N–H and O–H groups in total. The number of hydrogen-bond acceptors (Lipinski definition) is 5. The Balaban J connectivity index is 1.53. The quantitative estimate of drug-likeness (QED) is 0.759. The van der Waals surface area contributed by atoms with Crippen LogP contribution in [0.4, 0.5) is 13.2 Å². The summed E-state index contributed by atoms with van der Waals surface area (Å²) < 4.78 is 39.5. The van der Waals surface area contributed by atoms with Crippen LogP contribution in [0.2, 0.25) is 5.15 Å². The van der Waals surface area contributed by atoms with Crippen molar-refractivity contribution in [3.8, 4) is 0 Å². The summed E-state index contributed by atoms with van der Waals surface area (Å²) in [4.78, 5) is 39.6. The number of carbonyl (C=O) groups excluding carboxylic acids is 3. The highest BCUT2D eigenvalue weighted by Crippen LogP contribution is 2.32. The van der Waals surface area contributed by atoms with Crippen LogP contribution in [0.5, 0.6) is 0 Å². The number of nitrogens with one attached hydrogen (secondary N) is 1. The van der Waals surface area contributed by atoms with Crippen LogP contribution in [0.3, 0.4) is 0 Å². The maximum absolute atomic E-state index is 13.2. The number of benzene rings is 1. The Kier molecular flexibility index (Phi) is 6.74. The average Bonchev–Trinajstić information content (AvgIpc) is 2.76. The summed E-state index contributed by atoms with van der Waals surface area (Å²) in [6.07, 6.45) is -4.64. The van der Waals surface area contributed by atoms with Gasteiger partial charge in [0.15, 0.2) is 10.8 Å². The molecule has 8 nitrogen and oxygen atoms in total. The highest BCUT2D eigenvalue weighted by atomic mass is 35.5. The first-order valence-corrected chi connectivity index (χ1v) is 9.55. The summed E-state index contributed by atoms with van der Waals surface area (Å²) >= 11 is 5.60. The van der Waals surface area contributed by atoms with Crippen molar-refractivity contribution in [2.45, 2.75) is 6.18 Å². The maximum atomic E-state index is 13.2. The lowest BCUT2D eigenvalue weighted by Gasteiger charge is -2.35. The lowest BCUT2D eigenvalue weighted by Crippen LogP contribution is -2.52. The molecule has 0 spiro atoms. The van der Waals surface area contributed by atoms with Gasteiger partial charge >= 0.3 is 6.18 Å². The van der Waals surface area contributed by atoms with E-state index in [0.717, 1.165) is 12.1 Å². The minimum atomic E-state index is -4.64. The summed E-state index contributed by atoms with van der Waals surface area (Å²) in [5.41, 5.74) is -1.42.